The van der Waals surface area contributed by atoms with Gasteiger partial charge in [0.2, 0.25) is 16.0 Å². The van der Waals surface area contributed by atoms with E-state index in [0.29, 0.717) is 49.2 Å². The maximum absolute atomic E-state index is 11.6. The van der Waals surface area contributed by atoms with Crippen LogP contribution in [0.5, 0.6) is 0 Å². The summed E-state index contributed by atoms with van der Waals surface area (Å²) < 4.78 is 23.3. The third kappa shape index (κ3) is 5.57. The number of nitrogens with one attached hydrogen (secondary N) is 1. The Labute approximate surface area is 224 Å². The second kappa shape index (κ2) is 10.4. The summed E-state index contributed by atoms with van der Waals surface area (Å²) in [6, 6.07) is 6.48. The lowest BCUT2D eigenvalue weighted by Crippen LogP contribution is -2.38. The van der Waals surface area contributed by atoms with Gasteiger partial charge in [0.15, 0.2) is 5.13 Å². The molecular formula is C24H29N7O5S2. The minimum atomic E-state index is -3.77. The standard InChI is InChI=1S/C24H29N7O5S2/c1-14-19(22(33)34)37-24(26-14)29-23-27-20(30-11-8-16(32)9-12-30)18-3-2-10-31(21(18)28-23)13-15-4-6-17(7-5-15)38(25,35)36/h4-7,16,32H,2-3,8-13H2,1H3,(H,33,34)(H2,25,35,36)(H,26,27,28,29). The second-order valence-corrected chi connectivity index (χ2v) is 12.0. The number of aryl methyl sites for hydroxylation is 1. The summed E-state index contributed by atoms with van der Waals surface area (Å²) in [5.74, 6) is 0.834. The maximum atomic E-state index is 11.6. The van der Waals surface area contributed by atoms with Gasteiger partial charge in [0.1, 0.15) is 16.5 Å². The molecule has 0 radical (unpaired) electrons. The third-order valence-electron chi connectivity index (χ3n) is 6.72. The molecule has 0 saturated carbocycles. The van der Waals surface area contributed by atoms with Gasteiger partial charge in [0.05, 0.1) is 16.7 Å². The molecule has 1 fully saturated rings. The Morgan fingerprint density at radius 3 is 2.45 bits per heavy atom. The number of piperidine rings is 1. The van der Waals surface area contributed by atoms with E-state index in [4.69, 9.17) is 15.1 Å². The highest BCUT2D eigenvalue weighted by atomic mass is 32.2. The molecule has 202 valence electrons. The molecule has 38 heavy (non-hydrogen) atoms. The number of carbonyl (C=O) groups is 1. The number of sulfonamides is 1. The summed E-state index contributed by atoms with van der Waals surface area (Å²) in [4.78, 5) is 30.0. The zero-order valence-corrected chi connectivity index (χ0v) is 22.4. The van der Waals surface area contributed by atoms with Crippen molar-refractivity contribution in [3.63, 3.8) is 0 Å². The SMILES string of the molecule is Cc1nc(Nc2nc(N3CCC(O)CC3)c3c(n2)N(Cc2ccc(S(N)(=O)=O)cc2)CCC3)sc1C(=O)O. The number of hydrogen-bond donors (Lipinski definition) is 4. The smallest absolute Gasteiger partial charge is 0.347 e. The first-order valence-electron chi connectivity index (χ1n) is 12.3. The number of primary sulfonamides is 1. The molecule has 2 aliphatic rings. The highest BCUT2D eigenvalue weighted by Gasteiger charge is 2.29. The summed E-state index contributed by atoms with van der Waals surface area (Å²) in [6.07, 6.45) is 2.66. The number of aliphatic hydroxyl groups excluding tert-OH is 1. The normalized spacial score (nSPS) is 16.4. The molecule has 1 aromatic carbocycles. The summed E-state index contributed by atoms with van der Waals surface area (Å²) in [5, 5.41) is 28.2. The largest absolute Gasteiger partial charge is 0.477 e. The Hall–Kier alpha value is -3.33. The van der Waals surface area contributed by atoms with Crippen molar-refractivity contribution >= 4 is 50.0 Å². The van der Waals surface area contributed by atoms with E-state index >= 15 is 0 Å². The van der Waals surface area contributed by atoms with Gasteiger partial charge in [-0.15, -0.1) is 0 Å². The minimum Gasteiger partial charge on any atom is -0.477 e. The van der Waals surface area contributed by atoms with Crippen molar-refractivity contribution in [2.45, 2.75) is 50.2 Å². The number of aromatic carboxylic acids is 1. The van der Waals surface area contributed by atoms with Gasteiger partial charge >= 0.3 is 5.97 Å². The number of benzene rings is 1. The van der Waals surface area contributed by atoms with Crippen molar-refractivity contribution in [1.82, 2.24) is 15.0 Å². The van der Waals surface area contributed by atoms with Gasteiger partial charge in [0.25, 0.3) is 0 Å². The van der Waals surface area contributed by atoms with Crippen LogP contribution in [0.25, 0.3) is 0 Å². The summed E-state index contributed by atoms with van der Waals surface area (Å²) in [6.45, 7) is 4.23. The van der Waals surface area contributed by atoms with Crippen LogP contribution in [0.15, 0.2) is 29.2 Å². The maximum Gasteiger partial charge on any atom is 0.347 e. The first-order valence-corrected chi connectivity index (χ1v) is 14.6. The molecule has 0 bridgehead atoms. The average Bonchev–Trinajstić information content (AvgIpc) is 3.24. The Morgan fingerprint density at radius 2 is 1.82 bits per heavy atom. The summed E-state index contributed by atoms with van der Waals surface area (Å²) >= 11 is 1.03. The van der Waals surface area contributed by atoms with Crippen molar-refractivity contribution < 1.29 is 23.4 Å². The number of carboxylic acids is 1. The predicted molar refractivity (Wildman–Crippen MR) is 144 cm³/mol. The Kier molecular flexibility index (Phi) is 7.22. The molecule has 2 aromatic heterocycles. The highest BCUT2D eigenvalue weighted by Crippen LogP contribution is 2.36. The van der Waals surface area contributed by atoms with Gasteiger partial charge in [0, 0.05) is 31.7 Å². The van der Waals surface area contributed by atoms with E-state index < -0.39 is 16.0 Å². The first kappa shape index (κ1) is 26.3. The van der Waals surface area contributed by atoms with Gasteiger partial charge in [-0.25, -0.2) is 23.3 Å². The molecule has 0 unspecified atom stereocenters. The quantitative estimate of drug-likeness (QED) is 0.334. The fraction of sp³-hybridized carbons (Fsp3) is 0.417. The van der Waals surface area contributed by atoms with E-state index in [2.05, 4.69) is 20.1 Å². The van der Waals surface area contributed by atoms with E-state index in [1.165, 1.54) is 12.1 Å². The van der Waals surface area contributed by atoms with Crippen LogP contribution in [0.4, 0.5) is 22.7 Å². The zero-order valence-electron chi connectivity index (χ0n) is 20.8. The first-order chi connectivity index (χ1) is 18.1. The number of carboxylic acid groups (broad SMARTS) is 1. The van der Waals surface area contributed by atoms with E-state index in [-0.39, 0.29) is 15.9 Å². The number of fused-ring (bicyclic) bond motifs is 1. The molecule has 1 saturated heterocycles. The van der Waals surface area contributed by atoms with E-state index in [1.807, 2.05) is 0 Å². The van der Waals surface area contributed by atoms with Crippen LogP contribution >= 0.6 is 11.3 Å². The highest BCUT2D eigenvalue weighted by molar-refractivity contribution is 7.89. The van der Waals surface area contributed by atoms with Gasteiger partial charge in [-0.1, -0.05) is 23.5 Å². The lowest BCUT2D eigenvalue weighted by atomic mass is 10.0. The Morgan fingerprint density at radius 1 is 1.13 bits per heavy atom. The number of nitrogens with zero attached hydrogens (tertiary/aromatic N) is 5. The zero-order chi connectivity index (χ0) is 27.0. The van der Waals surface area contributed by atoms with E-state index in [0.717, 1.165) is 53.5 Å². The van der Waals surface area contributed by atoms with Gasteiger partial charge in [-0.3, -0.25) is 5.32 Å². The van der Waals surface area contributed by atoms with Gasteiger partial charge in [-0.05, 0) is 50.3 Å². The van der Waals surface area contributed by atoms with Crippen LogP contribution in [0.1, 0.15) is 45.8 Å². The van der Waals surface area contributed by atoms with E-state index in [1.54, 1.807) is 19.1 Å². The molecule has 5 N–H and O–H groups in total. The van der Waals surface area contributed by atoms with Gasteiger partial charge in [-0.2, -0.15) is 9.97 Å². The molecule has 3 aromatic rings. The fourth-order valence-corrected chi connectivity index (χ4v) is 6.11. The number of nitrogens with two attached hydrogens (primary N) is 1. The molecule has 0 aliphatic carbocycles. The lowest BCUT2D eigenvalue weighted by Gasteiger charge is -2.36. The molecule has 2 aliphatic heterocycles. The molecule has 0 amide bonds. The number of anilines is 4. The van der Waals surface area contributed by atoms with Crippen molar-refractivity contribution in [3.05, 3.63) is 46.0 Å². The number of rotatable bonds is 7. The predicted octanol–water partition coefficient (Wildman–Crippen LogP) is 2.24. The molecule has 12 nitrogen and oxygen atoms in total. The Bertz CT molecular complexity index is 1450. The van der Waals surface area contributed by atoms with Crippen molar-refractivity contribution in [3.8, 4) is 0 Å². The monoisotopic (exact) mass is 559 g/mol. The molecule has 14 heteroatoms. The number of aliphatic hydroxyl groups is 1. The minimum absolute atomic E-state index is 0.0585. The van der Waals surface area contributed by atoms with Crippen molar-refractivity contribution in [2.75, 3.05) is 34.8 Å². The molecule has 4 heterocycles. The summed E-state index contributed by atoms with van der Waals surface area (Å²) in [7, 11) is -3.77. The number of hydrogen-bond acceptors (Lipinski definition) is 11. The van der Waals surface area contributed by atoms with Crippen LogP contribution in [0.2, 0.25) is 0 Å². The van der Waals surface area contributed by atoms with Crippen molar-refractivity contribution in [2.24, 2.45) is 5.14 Å². The van der Waals surface area contributed by atoms with Crippen LogP contribution < -0.4 is 20.3 Å². The van der Waals surface area contributed by atoms with Crippen LogP contribution in [0.3, 0.4) is 0 Å². The van der Waals surface area contributed by atoms with Crippen LogP contribution in [-0.4, -0.2) is 65.3 Å². The fourth-order valence-electron chi connectivity index (χ4n) is 4.80. The molecule has 0 atom stereocenters. The number of thiazole rings is 1. The van der Waals surface area contributed by atoms with Crippen LogP contribution in [0, 0.1) is 6.92 Å². The van der Waals surface area contributed by atoms with E-state index in [9.17, 15) is 23.4 Å². The Balaban J connectivity index is 1.50. The van der Waals surface area contributed by atoms with Crippen LogP contribution in [-0.2, 0) is 23.0 Å². The molecule has 5 rings (SSSR count). The van der Waals surface area contributed by atoms with Gasteiger partial charge < -0.3 is 20.0 Å². The third-order valence-corrected chi connectivity index (χ3v) is 8.71. The average molecular weight is 560 g/mol. The molecular weight excluding hydrogens is 530 g/mol. The van der Waals surface area contributed by atoms with Crippen molar-refractivity contribution in [1.29, 1.82) is 0 Å². The topological polar surface area (TPSA) is 175 Å². The number of aromatic nitrogens is 3. The summed E-state index contributed by atoms with van der Waals surface area (Å²) in [5.41, 5.74) is 2.33. The second-order valence-electron chi connectivity index (χ2n) is 9.47. The lowest BCUT2D eigenvalue weighted by molar-refractivity contribution is 0.0701. The molecule has 0 spiro atoms.